The molecule has 0 N–H and O–H groups in total. The molecule has 0 saturated heterocycles. The van der Waals surface area contributed by atoms with Crippen molar-refractivity contribution in [3.8, 4) is 0 Å². The highest BCUT2D eigenvalue weighted by molar-refractivity contribution is 5.22. The smallest absolute Gasteiger partial charge is 0.234 e. The highest BCUT2D eigenvalue weighted by Gasteiger charge is 2.25. The molecule has 0 aliphatic heterocycles. The predicted octanol–water partition coefficient (Wildman–Crippen LogP) is 7.73. The molecule has 4 aromatic rings. The van der Waals surface area contributed by atoms with E-state index >= 15 is 0 Å². The molecule has 35 heavy (non-hydrogen) atoms. The van der Waals surface area contributed by atoms with Crippen molar-refractivity contribution in [2.45, 2.75) is 77.8 Å². The Balaban J connectivity index is 1.68. The molecule has 0 radical (unpaired) electrons. The van der Waals surface area contributed by atoms with E-state index in [9.17, 15) is 0 Å². The van der Waals surface area contributed by atoms with Crippen LogP contribution in [0.15, 0.2) is 97.2 Å². The number of benzene rings is 3. The van der Waals surface area contributed by atoms with E-state index in [-0.39, 0.29) is 0 Å². The van der Waals surface area contributed by atoms with Crippen LogP contribution in [0.4, 0.5) is 0 Å². The fourth-order valence-corrected chi connectivity index (χ4v) is 5.03. The van der Waals surface area contributed by atoms with Gasteiger partial charge in [-0.15, -0.1) is 0 Å². The zero-order valence-corrected chi connectivity index (χ0v) is 21.6. The van der Waals surface area contributed by atoms with Gasteiger partial charge in [0, 0.05) is 6.42 Å². The van der Waals surface area contributed by atoms with Gasteiger partial charge in [-0.25, -0.2) is 9.13 Å². The van der Waals surface area contributed by atoms with Crippen LogP contribution in [-0.4, -0.2) is 4.57 Å². The molecule has 0 amide bonds. The number of aromatic nitrogens is 2. The van der Waals surface area contributed by atoms with Crippen LogP contribution >= 0.6 is 0 Å². The summed E-state index contributed by atoms with van der Waals surface area (Å²) in [5.74, 6) is 1.90. The second-order valence-electron chi connectivity index (χ2n) is 9.89. The van der Waals surface area contributed by atoms with Gasteiger partial charge in [-0.1, -0.05) is 124 Å². The van der Waals surface area contributed by atoms with Gasteiger partial charge in [-0.3, -0.25) is 0 Å². The van der Waals surface area contributed by atoms with Crippen LogP contribution in [-0.2, 0) is 25.9 Å². The van der Waals surface area contributed by atoms with Gasteiger partial charge in [0.05, 0.1) is 13.0 Å². The maximum absolute atomic E-state index is 2.60. The van der Waals surface area contributed by atoms with E-state index in [0.717, 1.165) is 25.9 Å². The van der Waals surface area contributed by atoms with Crippen LogP contribution in [0.2, 0.25) is 0 Å². The maximum atomic E-state index is 2.60. The molecule has 3 aromatic carbocycles. The standard InChI is InChI=1S/C33H41N2/c1-3-4-5-6-16-23-34-27-32(24-28(2)31-21-14-9-15-22-31)35(26-30-19-12-8-13-20-30)33(34)25-29-17-10-7-11-18-29/h7-15,17-22,27-28H,3-6,16,23-26H2,1-2H3/q+1. The number of nitrogens with zero attached hydrogens (tertiary/aromatic N) is 2. The number of rotatable bonds is 13. The summed E-state index contributed by atoms with van der Waals surface area (Å²) in [6.07, 6.45) is 11.0. The molecule has 1 aromatic heterocycles. The summed E-state index contributed by atoms with van der Waals surface area (Å²) in [6, 6.07) is 32.8. The first-order valence-electron chi connectivity index (χ1n) is 13.5. The third-order valence-electron chi connectivity index (χ3n) is 7.07. The average molecular weight is 466 g/mol. The van der Waals surface area contributed by atoms with E-state index in [1.54, 1.807) is 0 Å². The van der Waals surface area contributed by atoms with Crippen molar-refractivity contribution in [1.29, 1.82) is 0 Å². The highest BCUT2D eigenvalue weighted by Crippen LogP contribution is 2.21. The summed E-state index contributed by atoms with van der Waals surface area (Å²) in [7, 11) is 0. The molecule has 0 spiro atoms. The van der Waals surface area contributed by atoms with Crippen LogP contribution in [0.25, 0.3) is 0 Å². The van der Waals surface area contributed by atoms with Gasteiger partial charge in [-0.2, -0.15) is 0 Å². The number of hydrogen-bond donors (Lipinski definition) is 0. The zero-order valence-electron chi connectivity index (χ0n) is 21.6. The number of aryl methyl sites for hydroxylation is 1. The molecule has 1 unspecified atom stereocenters. The molecule has 2 heteroatoms. The fourth-order valence-electron chi connectivity index (χ4n) is 5.03. The van der Waals surface area contributed by atoms with E-state index in [4.69, 9.17) is 0 Å². The molecule has 0 fully saturated rings. The summed E-state index contributed by atoms with van der Waals surface area (Å²) in [6.45, 7) is 6.67. The summed E-state index contributed by atoms with van der Waals surface area (Å²) in [4.78, 5) is 0. The van der Waals surface area contributed by atoms with Gasteiger partial charge >= 0.3 is 0 Å². The second kappa shape index (κ2) is 13.1. The molecule has 0 aliphatic rings. The minimum absolute atomic E-state index is 0.475. The van der Waals surface area contributed by atoms with Gasteiger partial charge in [0.2, 0.25) is 0 Å². The molecule has 2 nitrogen and oxygen atoms in total. The average Bonchev–Trinajstić information content (AvgIpc) is 3.21. The van der Waals surface area contributed by atoms with Crippen LogP contribution in [0, 0.1) is 0 Å². The number of unbranched alkanes of at least 4 members (excludes halogenated alkanes) is 4. The van der Waals surface area contributed by atoms with Crippen molar-refractivity contribution in [2.75, 3.05) is 0 Å². The molecule has 182 valence electrons. The fraction of sp³-hybridized carbons (Fsp3) is 0.364. The molecular weight excluding hydrogens is 424 g/mol. The summed E-state index contributed by atoms with van der Waals surface area (Å²) < 4.78 is 5.17. The van der Waals surface area contributed by atoms with Gasteiger partial charge in [0.1, 0.15) is 18.4 Å². The van der Waals surface area contributed by atoms with E-state index in [1.807, 2.05) is 0 Å². The van der Waals surface area contributed by atoms with Crippen LogP contribution in [0.1, 0.15) is 80.1 Å². The monoisotopic (exact) mass is 465 g/mol. The van der Waals surface area contributed by atoms with Crippen LogP contribution in [0.5, 0.6) is 0 Å². The first-order valence-corrected chi connectivity index (χ1v) is 13.5. The molecule has 0 bridgehead atoms. The summed E-state index contributed by atoms with van der Waals surface area (Å²) >= 11 is 0. The van der Waals surface area contributed by atoms with E-state index < -0.39 is 0 Å². The summed E-state index contributed by atoms with van der Waals surface area (Å²) in [5, 5.41) is 0. The maximum Gasteiger partial charge on any atom is 0.261 e. The molecule has 4 rings (SSSR count). The molecule has 0 aliphatic carbocycles. The Hall–Kier alpha value is -3.13. The van der Waals surface area contributed by atoms with Crippen molar-refractivity contribution in [3.05, 3.63) is 125 Å². The Kier molecular flexibility index (Phi) is 9.34. The van der Waals surface area contributed by atoms with E-state index in [2.05, 4.69) is 120 Å². The van der Waals surface area contributed by atoms with Crippen molar-refractivity contribution in [3.63, 3.8) is 0 Å². The van der Waals surface area contributed by atoms with E-state index in [1.165, 1.54) is 60.3 Å². The Bertz CT molecular complexity index is 1130. The Labute approximate surface area is 212 Å². The topological polar surface area (TPSA) is 8.81 Å². The first-order chi connectivity index (χ1) is 17.2. The molecule has 1 heterocycles. The first kappa shape index (κ1) is 25.0. The minimum Gasteiger partial charge on any atom is -0.234 e. The normalized spacial score (nSPS) is 12.1. The zero-order chi connectivity index (χ0) is 24.3. The molecule has 0 saturated carbocycles. The third-order valence-corrected chi connectivity index (χ3v) is 7.07. The van der Waals surface area contributed by atoms with Gasteiger partial charge < -0.3 is 0 Å². The predicted molar refractivity (Wildman–Crippen MR) is 147 cm³/mol. The minimum atomic E-state index is 0.475. The number of hydrogen-bond acceptors (Lipinski definition) is 0. The van der Waals surface area contributed by atoms with E-state index in [0.29, 0.717) is 5.92 Å². The van der Waals surface area contributed by atoms with Gasteiger partial charge in [0.15, 0.2) is 0 Å². The van der Waals surface area contributed by atoms with Crippen LogP contribution in [0.3, 0.4) is 0 Å². The lowest BCUT2D eigenvalue weighted by Crippen LogP contribution is -2.42. The third kappa shape index (κ3) is 7.18. The highest BCUT2D eigenvalue weighted by atomic mass is 15.2. The molecular formula is C33H41N2+. The lowest BCUT2D eigenvalue weighted by atomic mass is 9.96. The lowest BCUT2D eigenvalue weighted by molar-refractivity contribution is -0.702. The largest absolute Gasteiger partial charge is 0.261 e. The SMILES string of the molecule is CCCCCCCn1cc(CC(C)c2ccccc2)[n+](Cc2ccccc2)c1Cc1ccccc1. The summed E-state index contributed by atoms with van der Waals surface area (Å²) in [5.41, 5.74) is 5.59. The van der Waals surface area contributed by atoms with Crippen molar-refractivity contribution >= 4 is 0 Å². The van der Waals surface area contributed by atoms with Gasteiger partial charge in [-0.05, 0) is 35.4 Å². The quantitative estimate of drug-likeness (QED) is 0.141. The Morgan fingerprint density at radius 1 is 0.714 bits per heavy atom. The van der Waals surface area contributed by atoms with Crippen molar-refractivity contribution in [1.82, 2.24) is 4.57 Å². The van der Waals surface area contributed by atoms with Crippen molar-refractivity contribution < 1.29 is 4.57 Å². The second-order valence-corrected chi connectivity index (χ2v) is 9.89. The van der Waals surface area contributed by atoms with Gasteiger partial charge in [0.25, 0.3) is 5.82 Å². The Morgan fingerprint density at radius 3 is 1.97 bits per heavy atom. The lowest BCUT2D eigenvalue weighted by Gasteiger charge is -2.12. The van der Waals surface area contributed by atoms with Crippen molar-refractivity contribution in [2.24, 2.45) is 0 Å². The molecule has 1 atom stereocenters. The number of imidazole rings is 1. The Morgan fingerprint density at radius 2 is 1.31 bits per heavy atom. The van der Waals surface area contributed by atoms with Crippen LogP contribution < -0.4 is 4.57 Å².